The molecular weight excluding hydrogens is 331 g/mol. The monoisotopic (exact) mass is 338 g/mol. The van der Waals surface area contributed by atoms with Crippen molar-refractivity contribution in [3.63, 3.8) is 0 Å². The van der Waals surface area contributed by atoms with Crippen LogP contribution in [-0.4, -0.2) is 19.1 Å². The zero-order chi connectivity index (χ0) is 10.1. The van der Waals surface area contributed by atoms with Crippen molar-refractivity contribution < 1.29 is 0 Å². The predicted molar refractivity (Wildman–Crippen MR) is 67.1 cm³/mol. The van der Waals surface area contributed by atoms with Gasteiger partial charge in [-0.1, -0.05) is 11.6 Å². The molecule has 0 saturated carbocycles. The van der Waals surface area contributed by atoms with Crippen molar-refractivity contribution in [1.82, 2.24) is 5.32 Å². The molecule has 0 unspecified atom stereocenters. The topological polar surface area (TPSA) is 24.1 Å². The van der Waals surface area contributed by atoms with Crippen LogP contribution in [0.5, 0.6) is 0 Å². The molecule has 1 aromatic rings. The van der Waals surface area contributed by atoms with Crippen LogP contribution >= 0.6 is 43.5 Å². The molecule has 0 aromatic heterocycles. The molecule has 2 rings (SSSR count). The first-order valence-electron chi connectivity index (χ1n) is 4.28. The Balaban J connectivity index is 2.22. The molecule has 14 heavy (non-hydrogen) atoms. The molecule has 1 aliphatic rings. The fourth-order valence-electron chi connectivity index (χ4n) is 1.27. The number of hydrogen-bond donors (Lipinski definition) is 2. The predicted octanol–water partition coefficient (Wildman–Crippen LogP) is 3.25. The van der Waals surface area contributed by atoms with Crippen molar-refractivity contribution in [1.29, 1.82) is 0 Å². The number of anilines is 1. The van der Waals surface area contributed by atoms with Crippen molar-refractivity contribution in [3.05, 3.63) is 26.1 Å². The molecule has 0 spiro atoms. The summed E-state index contributed by atoms with van der Waals surface area (Å²) in [6.45, 7) is 2.03. The van der Waals surface area contributed by atoms with Gasteiger partial charge in [-0.3, -0.25) is 0 Å². The van der Waals surface area contributed by atoms with Gasteiger partial charge in [-0.2, -0.15) is 0 Å². The van der Waals surface area contributed by atoms with Crippen LogP contribution in [0.25, 0.3) is 0 Å². The first kappa shape index (κ1) is 10.7. The Labute approximate surface area is 105 Å². The average Bonchev–Trinajstić information content (AvgIpc) is 1.98. The molecule has 2 nitrogen and oxygen atoms in total. The van der Waals surface area contributed by atoms with E-state index >= 15 is 0 Å². The lowest BCUT2D eigenvalue weighted by Crippen LogP contribution is -2.51. The van der Waals surface area contributed by atoms with E-state index in [4.69, 9.17) is 11.6 Å². The van der Waals surface area contributed by atoms with Crippen molar-refractivity contribution in [3.8, 4) is 0 Å². The SMILES string of the molecule is Clc1cc(Br)c(NC2CNC2)c(Br)c1. The number of benzene rings is 1. The van der Waals surface area contributed by atoms with Gasteiger partial charge in [0, 0.05) is 27.1 Å². The first-order chi connectivity index (χ1) is 6.66. The zero-order valence-electron chi connectivity index (χ0n) is 7.28. The van der Waals surface area contributed by atoms with Crippen LogP contribution in [0.2, 0.25) is 5.02 Å². The van der Waals surface area contributed by atoms with E-state index in [0.717, 1.165) is 32.7 Å². The van der Waals surface area contributed by atoms with Gasteiger partial charge in [-0.25, -0.2) is 0 Å². The van der Waals surface area contributed by atoms with Crippen LogP contribution in [0.3, 0.4) is 0 Å². The van der Waals surface area contributed by atoms with Gasteiger partial charge in [0.05, 0.1) is 11.7 Å². The van der Waals surface area contributed by atoms with Crippen LogP contribution < -0.4 is 10.6 Å². The van der Waals surface area contributed by atoms with Crippen molar-refractivity contribution in [2.24, 2.45) is 0 Å². The third-order valence-corrected chi connectivity index (χ3v) is 3.61. The van der Waals surface area contributed by atoms with E-state index in [1.54, 1.807) is 0 Å². The molecule has 76 valence electrons. The standard InChI is InChI=1S/C9H9Br2ClN2/c10-7-1-5(12)2-8(11)9(7)14-6-3-13-4-6/h1-2,6,13-14H,3-4H2. The van der Waals surface area contributed by atoms with E-state index in [9.17, 15) is 0 Å². The summed E-state index contributed by atoms with van der Waals surface area (Å²) in [7, 11) is 0. The number of nitrogens with one attached hydrogen (secondary N) is 2. The molecule has 1 aliphatic heterocycles. The third-order valence-electron chi connectivity index (χ3n) is 2.14. The van der Waals surface area contributed by atoms with Crippen LogP contribution in [-0.2, 0) is 0 Å². The van der Waals surface area contributed by atoms with E-state index < -0.39 is 0 Å². The fourth-order valence-corrected chi connectivity index (χ4v) is 3.17. The summed E-state index contributed by atoms with van der Waals surface area (Å²) in [6.07, 6.45) is 0. The Bertz CT molecular complexity index is 330. The van der Waals surface area contributed by atoms with Gasteiger partial charge in [-0.05, 0) is 44.0 Å². The van der Waals surface area contributed by atoms with Crippen LogP contribution in [0.4, 0.5) is 5.69 Å². The Morgan fingerprint density at radius 2 is 1.86 bits per heavy atom. The second-order valence-electron chi connectivity index (χ2n) is 3.24. The lowest BCUT2D eigenvalue weighted by Gasteiger charge is -2.29. The van der Waals surface area contributed by atoms with Gasteiger partial charge in [-0.15, -0.1) is 0 Å². The maximum absolute atomic E-state index is 5.91. The van der Waals surface area contributed by atoms with E-state index in [1.807, 2.05) is 12.1 Å². The van der Waals surface area contributed by atoms with Gasteiger partial charge in [0.15, 0.2) is 0 Å². The van der Waals surface area contributed by atoms with E-state index in [0.29, 0.717) is 6.04 Å². The lowest BCUT2D eigenvalue weighted by molar-refractivity contribution is 0.472. The van der Waals surface area contributed by atoms with Gasteiger partial charge < -0.3 is 10.6 Å². The quantitative estimate of drug-likeness (QED) is 0.864. The first-order valence-corrected chi connectivity index (χ1v) is 6.25. The van der Waals surface area contributed by atoms with Crippen molar-refractivity contribution in [2.75, 3.05) is 18.4 Å². The van der Waals surface area contributed by atoms with E-state index in [2.05, 4.69) is 42.5 Å². The second kappa shape index (κ2) is 4.39. The molecule has 0 aliphatic carbocycles. The highest BCUT2D eigenvalue weighted by molar-refractivity contribution is 9.11. The summed E-state index contributed by atoms with van der Waals surface area (Å²) < 4.78 is 1.98. The molecule has 0 bridgehead atoms. The maximum Gasteiger partial charge on any atom is 0.0633 e. The summed E-state index contributed by atoms with van der Waals surface area (Å²) in [5.41, 5.74) is 1.07. The van der Waals surface area contributed by atoms with E-state index in [-0.39, 0.29) is 0 Å². The minimum atomic E-state index is 0.517. The van der Waals surface area contributed by atoms with Crippen molar-refractivity contribution in [2.45, 2.75) is 6.04 Å². The highest BCUT2D eigenvalue weighted by Gasteiger charge is 2.18. The highest BCUT2D eigenvalue weighted by Crippen LogP contribution is 2.34. The largest absolute Gasteiger partial charge is 0.378 e. The fraction of sp³-hybridized carbons (Fsp3) is 0.333. The Morgan fingerprint density at radius 3 is 2.29 bits per heavy atom. The summed E-state index contributed by atoms with van der Waals surface area (Å²) >= 11 is 12.9. The van der Waals surface area contributed by atoms with Crippen LogP contribution in [0.1, 0.15) is 0 Å². The normalized spacial score (nSPS) is 16.5. The Morgan fingerprint density at radius 1 is 1.29 bits per heavy atom. The molecule has 1 aromatic carbocycles. The number of halogens is 3. The second-order valence-corrected chi connectivity index (χ2v) is 5.39. The molecule has 1 saturated heterocycles. The third kappa shape index (κ3) is 2.24. The van der Waals surface area contributed by atoms with Gasteiger partial charge in [0.1, 0.15) is 0 Å². The Hall–Kier alpha value is 0.230. The zero-order valence-corrected chi connectivity index (χ0v) is 11.2. The lowest BCUT2D eigenvalue weighted by atomic mass is 10.1. The molecular formula is C9H9Br2ClN2. The molecule has 1 fully saturated rings. The van der Waals surface area contributed by atoms with Gasteiger partial charge >= 0.3 is 0 Å². The number of hydrogen-bond acceptors (Lipinski definition) is 2. The van der Waals surface area contributed by atoms with Crippen LogP contribution in [0.15, 0.2) is 21.1 Å². The molecule has 2 N–H and O–H groups in total. The Kier molecular flexibility index (Phi) is 3.37. The molecule has 5 heteroatoms. The highest BCUT2D eigenvalue weighted by atomic mass is 79.9. The van der Waals surface area contributed by atoms with Gasteiger partial charge in [0.2, 0.25) is 0 Å². The van der Waals surface area contributed by atoms with E-state index in [1.165, 1.54) is 0 Å². The minimum absolute atomic E-state index is 0.517. The molecule has 0 atom stereocenters. The molecule has 0 radical (unpaired) electrons. The smallest absolute Gasteiger partial charge is 0.0633 e. The number of rotatable bonds is 2. The summed E-state index contributed by atoms with van der Waals surface area (Å²) in [5.74, 6) is 0. The summed E-state index contributed by atoms with van der Waals surface area (Å²) in [6, 6.07) is 4.30. The summed E-state index contributed by atoms with van der Waals surface area (Å²) in [4.78, 5) is 0. The van der Waals surface area contributed by atoms with Gasteiger partial charge in [0.25, 0.3) is 0 Å². The molecule has 1 heterocycles. The summed E-state index contributed by atoms with van der Waals surface area (Å²) in [5, 5.41) is 7.36. The van der Waals surface area contributed by atoms with Crippen molar-refractivity contribution >= 4 is 49.1 Å². The minimum Gasteiger partial charge on any atom is -0.378 e. The van der Waals surface area contributed by atoms with Crippen LogP contribution in [0, 0.1) is 0 Å². The average molecular weight is 340 g/mol. The maximum atomic E-state index is 5.91. The molecule has 0 amide bonds.